The zero-order valence-corrected chi connectivity index (χ0v) is 10.3. The lowest BCUT2D eigenvalue weighted by atomic mass is 10.3. The molecular weight excluding hydrogens is 250 g/mol. The van der Waals surface area contributed by atoms with Crippen LogP contribution in [0, 0.1) is 0 Å². The van der Waals surface area contributed by atoms with E-state index in [9.17, 15) is 13.2 Å². The van der Waals surface area contributed by atoms with Gasteiger partial charge in [0, 0.05) is 18.0 Å². The van der Waals surface area contributed by atoms with Crippen molar-refractivity contribution < 1.29 is 13.2 Å². The fourth-order valence-electron chi connectivity index (χ4n) is 1.26. The highest BCUT2D eigenvalue weighted by Gasteiger charge is 2.16. The van der Waals surface area contributed by atoms with E-state index in [2.05, 4.69) is 0 Å². The summed E-state index contributed by atoms with van der Waals surface area (Å²) in [7, 11) is -3.37. The first-order chi connectivity index (χ1) is 7.45. The summed E-state index contributed by atoms with van der Waals surface area (Å²) in [5, 5.41) is 0.535. The summed E-state index contributed by atoms with van der Waals surface area (Å²) in [4.78, 5) is 10.3. The van der Waals surface area contributed by atoms with E-state index in [1.165, 1.54) is 4.31 Å². The Kier molecular flexibility index (Phi) is 4.32. The van der Waals surface area contributed by atoms with E-state index in [0.717, 1.165) is 6.26 Å². The van der Waals surface area contributed by atoms with Gasteiger partial charge in [-0.15, -0.1) is 0 Å². The molecule has 1 rings (SSSR count). The summed E-state index contributed by atoms with van der Waals surface area (Å²) < 4.78 is 24.2. The molecule has 0 aliphatic heterocycles. The molecule has 0 amide bonds. The first-order valence-corrected chi connectivity index (χ1v) is 6.84. The Bertz CT molecular complexity index is 455. The van der Waals surface area contributed by atoms with Gasteiger partial charge in [0.15, 0.2) is 0 Å². The summed E-state index contributed by atoms with van der Waals surface area (Å²) in [6, 6.07) is 6.42. The molecular formula is C10H12ClNO3S. The summed E-state index contributed by atoms with van der Waals surface area (Å²) in [5.74, 6) is 0. The largest absolute Gasteiger partial charge is 0.303 e. The van der Waals surface area contributed by atoms with E-state index >= 15 is 0 Å². The van der Waals surface area contributed by atoms with Gasteiger partial charge in [-0.05, 0) is 24.3 Å². The summed E-state index contributed by atoms with van der Waals surface area (Å²) in [6.45, 7) is 0.143. The highest BCUT2D eigenvalue weighted by molar-refractivity contribution is 7.92. The molecule has 1 aromatic rings. The van der Waals surface area contributed by atoms with Crippen LogP contribution in [0.4, 0.5) is 5.69 Å². The zero-order valence-electron chi connectivity index (χ0n) is 8.76. The van der Waals surface area contributed by atoms with Gasteiger partial charge in [-0.1, -0.05) is 11.6 Å². The number of carbonyl (C=O) groups is 1. The molecule has 0 unspecified atom stereocenters. The highest BCUT2D eigenvalue weighted by atomic mass is 35.5. The third kappa shape index (κ3) is 3.50. The van der Waals surface area contributed by atoms with Crippen molar-refractivity contribution in [1.29, 1.82) is 0 Å². The normalized spacial score (nSPS) is 11.1. The number of halogens is 1. The number of hydrogen-bond donors (Lipinski definition) is 0. The minimum absolute atomic E-state index is 0.143. The van der Waals surface area contributed by atoms with Crippen LogP contribution in [0.3, 0.4) is 0 Å². The Labute approximate surface area is 99.9 Å². The van der Waals surface area contributed by atoms with Crippen LogP contribution in [-0.4, -0.2) is 27.5 Å². The van der Waals surface area contributed by atoms with Crippen LogP contribution >= 0.6 is 11.6 Å². The molecule has 0 saturated carbocycles. The lowest BCUT2D eigenvalue weighted by Crippen LogP contribution is -2.30. The fourth-order valence-corrected chi connectivity index (χ4v) is 2.33. The van der Waals surface area contributed by atoms with Gasteiger partial charge >= 0.3 is 0 Å². The van der Waals surface area contributed by atoms with Crippen LogP contribution in [0.5, 0.6) is 0 Å². The standard InChI is InChI=1S/C10H12ClNO3S/c1-16(14,15)12(7-2-8-13)10-5-3-9(11)4-6-10/h3-6,8H,2,7H2,1H3. The molecule has 0 aliphatic carbocycles. The predicted molar refractivity (Wildman–Crippen MR) is 64.3 cm³/mol. The van der Waals surface area contributed by atoms with E-state index in [4.69, 9.17) is 11.6 Å². The number of aldehydes is 1. The molecule has 4 nitrogen and oxygen atoms in total. The Morgan fingerprint density at radius 3 is 2.31 bits per heavy atom. The Morgan fingerprint density at radius 2 is 1.88 bits per heavy atom. The van der Waals surface area contributed by atoms with Crippen molar-refractivity contribution in [3.63, 3.8) is 0 Å². The number of hydrogen-bond acceptors (Lipinski definition) is 3. The van der Waals surface area contributed by atoms with Crippen molar-refractivity contribution in [2.24, 2.45) is 0 Å². The number of sulfonamides is 1. The van der Waals surface area contributed by atoms with Crippen molar-refractivity contribution in [2.75, 3.05) is 17.1 Å². The number of benzene rings is 1. The maximum atomic E-state index is 11.5. The Hall–Kier alpha value is -1.07. The molecule has 0 aliphatic rings. The van der Waals surface area contributed by atoms with E-state index in [1.807, 2.05) is 0 Å². The number of anilines is 1. The van der Waals surface area contributed by atoms with Gasteiger partial charge in [-0.25, -0.2) is 8.42 Å². The summed E-state index contributed by atoms with van der Waals surface area (Å²) in [6.07, 6.45) is 1.95. The fraction of sp³-hybridized carbons (Fsp3) is 0.300. The first-order valence-electron chi connectivity index (χ1n) is 4.62. The van der Waals surface area contributed by atoms with Crippen LogP contribution < -0.4 is 4.31 Å². The topological polar surface area (TPSA) is 54.5 Å². The summed E-state index contributed by atoms with van der Waals surface area (Å²) >= 11 is 5.71. The van der Waals surface area contributed by atoms with Crippen LogP contribution in [0.2, 0.25) is 5.02 Å². The van der Waals surface area contributed by atoms with Crippen LogP contribution in [-0.2, 0) is 14.8 Å². The van der Waals surface area contributed by atoms with E-state index in [1.54, 1.807) is 24.3 Å². The highest BCUT2D eigenvalue weighted by Crippen LogP contribution is 2.20. The zero-order chi connectivity index (χ0) is 12.2. The Morgan fingerprint density at radius 1 is 1.31 bits per heavy atom. The van der Waals surface area contributed by atoms with Crippen molar-refractivity contribution in [3.8, 4) is 0 Å². The van der Waals surface area contributed by atoms with Gasteiger partial charge in [-0.2, -0.15) is 0 Å². The van der Waals surface area contributed by atoms with Gasteiger partial charge in [0.05, 0.1) is 11.9 Å². The number of nitrogens with zero attached hydrogens (tertiary/aromatic N) is 1. The molecule has 0 saturated heterocycles. The predicted octanol–water partition coefficient (Wildman–Crippen LogP) is 1.69. The average molecular weight is 262 g/mol. The van der Waals surface area contributed by atoms with Gasteiger partial charge < -0.3 is 4.79 Å². The van der Waals surface area contributed by atoms with Gasteiger partial charge in [0.1, 0.15) is 6.29 Å². The SMILES string of the molecule is CS(=O)(=O)N(CCC=O)c1ccc(Cl)cc1. The van der Waals surface area contributed by atoms with E-state index < -0.39 is 10.0 Å². The van der Waals surface area contributed by atoms with Crippen molar-refractivity contribution in [2.45, 2.75) is 6.42 Å². The molecule has 16 heavy (non-hydrogen) atoms. The van der Waals surface area contributed by atoms with Crippen molar-refractivity contribution >= 4 is 33.6 Å². The first kappa shape index (κ1) is 13.0. The summed E-state index contributed by atoms with van der Waals surface area (Å²) in [5.41, 5.74) is 0.508. The van der Waals surface area contributed by atoms with E-state index in [0.29, 0.717) is 17.0 Å². The van der Waals surface area contributed by atoms with Gasteiger partial charge in [0.25, 0.3) is 0 Å². The second kappa shape index (κ2) is 5.32. The molecule has 88 valence electrons. The second-order valence-electron chi connectivity index (χ2n) is 3.27. The smallest absolute Gasteiger partial charge is 0.232 e. The van der Waals surface area contributed by atoms with Crippen LogP contribution in [0.15, 0.2) is 24.3 Å². The maximum Gasteiger partial charge on any atom is 0.232 e. The van der Waals surface area contributed by atoms with Crippen LogP contribution in [0.1, 0.15) is 6.42 Å². The minimum Gasteiger partial charge on any atom is -0.303 e. The quantitative estimate of drug-likeness (QED) is 0.758. The minimum atomic E-state index is -3.37. The third-order valence-corrected chi connectivity index (χ3v) is 3.41. The van der Waals surface area contributed by atoms with Gasteiger partial charge in [-0.3, -0.25) is 4.31 Å². The van der Waals surface area contributed by atoms with Crippen molar-refractivity contribution in [3.05, 3.63) is 29.3 Å². The molecule has 1 aromatic carbocycles. The molecule has 0 atom stereocenters. The monoisotopic (exact) mass is 261 g/mol. The number of carbonyl (C=O) groups excluding carboxylic acids is 1. The molecule has 0 heterocycles. The van der Waals surface area contributed by atoms with Crippen molar-refractivity contribution in [1.82, 2.24) is 0 Å². The molecule has 0 fully saturated rings. The maximum absolute atomic E-state index is 11.5. The molecule has 6 heteroatoms. The molecule has 0 radical (unpaired) electrons. The lowest BCUT2D eigenvalue weighted by Gasteiger charge is -2.21. The van der Waals surface area contributed by atoms with Gasteiger partial charge in [0.2, 0.25) is 10.0 Å². The molecule has 0 N–H and O–H groups in total. The molecule has 0 bridgehead atoms. The van der Waals surface area contributed by atoms with Crippen LogP contribution in [0.25, 0.3) is 0 Å². The third-order valence-electron chi connectivity index (χ3n) is 1.96. The second-order valence-corrected chi connectivity index (χ2v) is 5.61. The van der Waals surface area contributed by atoms with E-state index in [-0.39, 0.29) is 13.0 Å². The lowest BCUT2D eigenvalue weighted by molar-refractivity contribution is -0.107. The molecule has 0 spiro atoms. The average Bonchev–Trinajstić information content (AvgIpc) is 2.19. The molecule has 0 aromatic heterocycles. The number of rotatable bonds is 5. The Balaban J connectivity index is 3.01.